The fourth-order valence-electron chi connectivity index (χ4n) is 8.67. The topological polar surface area (TPSA) is 61.0 Å². The summed E-state index contributed by atoms with van der Waals surface area (Å²) in [5, 5.41) is 4.26. The molecular weight excluding hydrogens is 603 g/mol. The van der Waals surface area contributed by atoms with Crippen molar-refractivity contribution >= 4 is 65.2 Å². The second kappa shape index (κ2) is 6.37. The van der Waals surface area contributed by atoms with Gasteiger partial charge in [-0.3, -0.25) is 0 Å². The summed E-state index contributed by atoms with van der Waals surface area (Å²) < 4.78 is 45.6. The van der Waals surface area contributed by atoms with Crippen LogP contribution < -0.4 is 22.8 Å². The molecule has 0 saturated heterocycles. The second-order valence-corrected chi connectivity index (χ2v) is 15.7. The van der Waals surface area contributed by atoms with Crippen molar-refractivity contribution in [2.45, 2.75) is 5.66 Å². The Kier molecular flexibility index (Phi) is 3.17. The number of hydrogen-bond acceptors (Lipinski definition) is 3. The number of para-hydroxylation sites is 2. The number of hydrogen-bond donors (Lipinski definition) is 0. The maximum absolute atomic E-state index is 14.4. The van der Waals surface area contributed by atoms with Crippen LogP contribution in [-0.2, 0) is 13.3 Å². The zero-order valence-corrected chi connectivity index (χ0v) is 24.0. The fraction of sp³-hybridized carbons (Fsp3) is 0.0286. The van der Waals surface area contributed by atoms with Crippen LogP contribution in [0.3, 0.4) is 0 Å². The van der Waals surface area contributed by atoms with E-state index in [-0.39, 0.29) is 0 Å². The first-order valence-corrected chi connectivity index (χ1v) is 17.4. The van der Waals surface area contributed by atoms with E-state index in [4.69, 9.17) is 4.74 Å². The zero-order chi connectivity index (χ0) is 28.0. The molecule has 8 aromatic rings. The molecule has 0 saturated carbocycles. The quantitative estimate of drug-likeness (QED) is 0.188. The van der Waals surface area contributed by atoms with Gasteiger partial charge in [-0.1, -0.05) is 0 Å². The molecule has 4 aromatic carbocycles. The van der Waals surface area contributed by atoms with Gasteiger partial charge in [-0.05, 0) is 0 Å². The molecule has 8 heteroatoms. The van der Waals surface area contributed by atoms with Crippen LogP contribution in [0.5, 0.6) is 11.5 Å². The van der Waals surface area contributed by atoms with E-state index in [9.17, 15) is 7.67 Å². The van der Waals surface area contributed by atoms with Crippen LogP contribution in [0.4, 0.5) is 0 Å². The number of benzene rings is 4. The molecule has 4 aromatic heterocycles. The molecular formula is C35H18N4O3Se+2. The van der Waals surface area contributed by atoms with Gasteiger partial charge in [-0.25, -0.2) is 0 Å². The summed E-state index contributed by atoms with van der Waals surface area (Å²) in [6.45, 7) is 0. The molecule has 8 heterocycles. The Labute approximate surface area is 244 Å². The number of aromatic nitrogens is 4. The predicted octanol–water partition coefficient (Wildman–Crippen LogP) is 4.22. The van der Waals surface area contributed by atoms with Crippen molar-refractivity contribution in [1.82, 2.24) is 9.13 Å². The number of nitrogens with zero attached hydrogens (tertiary/aromatic N) is 4. The van der Waals surface area contributed by atoms with Crippen LogP contribution >= 0.6 is 0 Å². The average Bonchev–Trinajstić information content (AvgIpc) is 3.56. The van der Waals surface area contributed by atoms with E-state index in [0.29, 0.717) is 14.7 Å². The Morgan fingerprint density at radius 1 is 0.581 bits per heavy atom. The van der Waals surface area contributed by atoms with Crippen molar-refractivity contribution in [1.29, 1.82) is 0 Å². The molecule has 0 N–H and O–H groups in total. The summed E-state index contributed by atoms with van der Waals surface area (Å²) in [6, 6.07) is 32.5. The van der Waals surface area contributed by atoms with Crippen LogP contribution in [0.1, 0.15) is 11.1 Å². The summed E-state index contributed by atoms with van der Waals surface area (Å²) >= 11 is -4.78. The molecule has 1 atom stereocenters. The van der Waals surface area contributed by atoms with E-state index in [1.165, 1.54) is 0 Å². The Balaban J connectivity index is 1.47. The third kappa shape index (κ3) is 1.95. The van der Waals surface area contributed by atoms with Gasteiger partial charge in [-0.15, -0.1) is 0 Å². The standard InChI is InChI=1S/C35H18N4O3Se/c40-43(41)26-10-5-8-20-22-14-16-25-30-33(22)39(31(20)26)34-27(43)11-6-18-37(34)35(30)29-24(42-25)15-13-21-19-7-1-2-9-23(19)38(32(21)29)28-12-3-4-17-36(28)35/h1-18H/q+2. The van der Waals surface area contributed by atoms with Gasteiger partial charge in [0.15, 0.2) is 0 Å². The summed E-state index contributed by atoms with van der Waals surface area (Å²) in [4.78, 5) is 0. The monoisotopic (exact) mass is 622 g/mol. The number of ether oxygens (including phenoxy) is 1. The molecule has 0 amide bonds. The molecule has 0 aliphatic carbocycles. The van der Waals surface area contributed by atoms with Gasteiger partial charge >= 0.3 is 245 Å². The first-order valence-electron chi connectivity index (χ1n) is 14.3. The van der Waals surface area contributed by atoms with Crippen LogP contribution in [0.25, 0.3) is 55.2 Å². The molecule has 1 unspecified atom stereocenters. The van der Waals surface area contributed by atoms with Crippen LogP contribution in [0, 0.1) is 0 Å². The van der Waals surface area contributed by atoms with Crippen molar-refractivity contribution < 1.29 is 21.5 Å². The third-order valence-corrected chi connectivity index (χ3v) is 13.9. The molecule has 4 aliphatic heterocycles. The molecule has 0 bridgehead atoms. The molecule has 200 valence electrons. The van der Waals surface area contributed by atoms with Gasteiger partial charge in [0.2, 0.25) is 0 Å². The molecule has 7 nitrogen and oxygen atoms in total. The van der Waals surface area contributed by atoms with Crippen molar-refractivity contribution in [3.05, 3.63) is 121 Å². The normalized spacial score (nSPS) is 18.9. The summed E-state index contributed by atoms with van der Waals surface area (Å²) in [5.74, 6) is 3.23. The Morgan fingerprint density at radius 3 is 2.12 bits per heavy atom. The summed E-state index contributed by atoms with van der Waals surface area (Å²) in [7, 11) is 0. The SMILES string of the molecule is O=[Se]1(=O)c2ccc[n+]3c2-n2c4c1cccc4c1ccc4c(c12)C31c2c(ccc3c5ccccc5n(c23)-c2cccc[n+]21)O4. The fourth-order valence-corrected chi connectivity index (χ4v) is 12.1. The Bertz CT molecular complexity index is 2850. The van der Waals surface area contributed by atoms with Crippen LogP contribution in [0.2, 0.25) is 0 Å². The molecule has 1 spiro atoms. The third-order valence-electron chi connectivity index (χ3n) is 10.1. The Hall–Kier alpha value is -5.30. The molecule has 43 heavy (non-hydrogen) atoms. The summed E-state index contributed by atoms with van der Waals surface area (Å²) in [6.07, 6.45) is 4.18. The van der Waals surface area contributed by atoms with Crippen molar-refractivity contribution in [3.63, 3.8) is 0 Å². The predicted molar refractivity (Wildman–Crippen MR) is 160 cm³/mol. The second-order valence-electron chi connectivity index (χ2n) is 11.8. The number of fused-ring (bicyclic) bond motifs is 6. The first kappa shape index (κ1) is 21.4. The average molecular weight is 622 g/mol. The zero-order valence-electron chi connectivity index (χ0n) is 22.3. The Morgan fingerprint density at radius 2 is 1.26 bits per heavy atom. The van der Waals surface area contributed by atoms with E-state index in [1.807, 2.05) is 24.4 Å². The van der Waals surface area contributed by atoms with Gasteiger partial charge in [0.05, 0.1) is 0 Å². The minimum absolute atomic E-state index is 0.381. The first-order chi connectivity index (χ1) is 21.1. The molecule has 12 rings (SSSR count). The number of pyridine rings is 2. The van der Waals surface area contributed by atoms with Gasteiger partial charge in [0, 0.05) is 0 Å². The maximum atomic E-state index is 14.4. The van der Waals surface area contributed by atoms with Crippen molar-refractivity contribution in [3.8, 4) is 23.1 Å². The molecule has 4 aliphatic rings. The number of rotatable bonds is 0. The van der Waals surface area contributed by atoms with E-state index >= 15 is 0 Å². The van der Waals surface area contributed by atoms with E-state index in [0.717, 1.165) is 72.1 Å². The van der Waals surface area contributed by atoms with Crippen molar-refractivity contribution in [2.24, 2.45) is 0 Å². The van der Waals surface area contributed by atoms with E-state index in [1.54, 1.807) is 12.1 Å². The summed E-state index contributed by atoms with van der Waals surface area (Å²) in [5.41, 5.74) is 5.03. The molecule has 0 radical (unpaired) electrons. The van der Waals surface area contributed by atoms with Gasteiger partial charge in [0.25, 0.3) is 0 Å². The van der Waals surface area contributed by atoms with Gasteiger partial charge in [0.1, 0.15) is 0 Å². The van der Waals surface area contributed by atoms with E-state index in [2.05, 4.69) is 91.2 Å². The van der Waals surface area contributed by atoms with Crippen LogP contribution in [-0.4, -0.2) is 21.8 Å². The van der Waals surface area contributed by atoms with Gasteiger partial charge in [-0.2, -0.15) is 0 Å². The minimum atomic E-state index is -4.78. The van der Waals surface area contributed by atoms with Crippen molar-refractivity contribution in [2.75, 3.05) is 0 Å². The molecule has 0 fully saturated rings. The van der Waals surface area contributed by atoms with Crippen LogP contribution in [0.15, 0.2) is 109 Å². The van der Waals surface area contributed by atoms with E-state index < -0.39 is 18.4 Å². The van der Waals surface area contributed by atoms with Gasteiger partial charge < -0.3 is 0 Å².